The molecule has 17 heavy (non-hydrogen) atoms. The highest BCUT2D eigenvalue weighted by atomic mass is 32.1. The van der Waals surface area contributed by atoms with Gasteiger partial charge in [-0.25, -0.2) is 0 Å². The Morgan fingerprint density at radius 3 is 2.53 bits per heavy atom. The van der Waals surface area contributed by atoms with Crippen molar-refractivity contribution in [3.8, 4) is 5.75 Å². The second-order valence-electron chi connectivity index (χ2n) is 3.98. The molecule has 1 aromatic carbocycles. The number of thiocarbonyl (C=S) groups is 1. The van der Waals surface area contributed by atoms with E-state index in [0.717, 1.165) is 18.7 Å². The minimum Gasteiger partial charge on any atom is -0.497 e. The first kappa shape index (κ1) is 13.8. The van der Waals surface area contributed by atoms with Crippen LogP contribution in [0.25, 0.3) is 0 Å². The van der Waals surface area contributed by atoms with E-state index in [9.17, 15) is 0 Å². The number of hydrogen-bond donors (Lipinski definition) is 2. The van der Waals surface area contributed by atoms with Crippen molar-refractivity contribution in [2.75, 3.05) is 7.11 Å². The molecule has 0 bridgehead atoms. The van der Waals surface area contributed by atoms with Crippen molar-refractivity contribution in [1.82, 2.24) is 10.6 Å². The van der Waals surface area contributed by atoms with Gasteiger partial charge in [0.15, 0.2) is 5.11 Å². The molecule has 1 rings (SSSR count). The average Bonchev–Trinajstić information content (AvgIpc) is 2.36. The third-order valence-corrected chi connectivity index (χ3v) is 2.86. The summed E-state index contributed by atoms with van der Waals surface area (Å²) in [5.74, 6) is 0.869. The second-order valence-corrected chi connectivity index (χ2v) is 4.39. The molecule has 0 aliphatic rings. The van der Waals surface area contributed by atoms with Crippen molar-refractivity contribution in [3.05, 3.63) is 29.8 Å². The van der Waals surface area contributed by atoms with Gasteiger partial charge in [0.1, 0.15) is 5.75 Å². The van der Waals surface area contributed by atoms with Gasteiger partial charge in [0.25, 0.3) is 0 Å². The van der Waals surface area contributed by atoms with Gasteiger partial charge < -0.3 is 15.4 Å². The lowest BCUT2D eigenvalue weighted by Gasteiger charge is -2.15. The lowest BCUT2D eigenvalue weighted by Crippen LogP contribution is -2.39. The predicted molar refractivity (Wildman–Crippen MR) is 75.3 cm³/mol. The van der Waals surface area contributed by atoms with Crippen LogP contribution < -0.4 is 15.4 Å². The van der Waals surface area contributed by atoms with Crippen LogP contribution in [0.15, 0.2) is 24.3 Å². The summed E-state index contributed by atoms with van der Waals surface area (Å²) in [6.45, 7) is 4.97. The smallest absolute Gasteiger partial charge is 0.166 e. The quantitative estimate of drug-likeness (QED) is 0.789. The van der Waals surface area contributed by atoms with E-state index in [0.29, 0.717) is 11.2 Å². The minimum atomic E-state index is 0.408. The first-order chi connectivity index (χ1) is 8.15. The van der Waals surface area contributed by atoms with Crippen LogP contribution in [0.1, 0.15) is 25.8 Å². The van der Waals surface area contributed by atoms with Crippen LogP contribution in [0.5, 0.6) is 5.75 Å². The summed E-state index contributed by atoms with van der Waals surface area (Å²) in [7, 11) is 1.67. The predicted octanol–water partition coefficient (Wildman–Crippen LogP) is 2.46. The van der Waals surface area contributed by atoms with E-state index in [4.69, 9.17) is 17.0 Å². The fourth-order valence-corrected chi connectivity index (χ4v) is 1.58. The Morgan fingerprint density at radius 2 is 2.00 bits per heavy atom. The zero-order valence-corrected chi connectivity index (χ0v) is 11.4. The van der Waals surface area contributed by atoms with Crippen LogP contribution >= 0.6 is 12.2 Å². The van der Waals surface area contributed by atoms with E-state index >= 15 is 0 Å². The Hall–Kier alpha value is -1.29. The molecule has 0 aliphatic heterocycles. The summed E-state index contributed by atoms with van der Waals surface area (Å²) < 4.78 is 5.10. The molecule has 0 heterocycles. The number of nitrogens with one attached hydrogen (secondary N) is 2. The molecular weight excluding hydrogens is 232 g/mol. The van der Waals surface area contributed by atoms with E-state index in [1.165, 1.54) is 5.56 Å². The highest BCUT2D eigenvalue weighted by Gasteiger charge is 2.01. The topological polar surface area (TPSA) is 33.3 Å². The molecule has 0 radical (unpaired) electrons. The van der Waals surface area contributed by atoms with E-state index in [2.05, 4.69) is 24.5 Å². The first-order valence-corrected chi connectivity index (χ1v) is 6.23. The molecule has 4 heteroatoms. The van der Waals surface area contributed by atoms with Gasteiger partial charge in [0.2, 0.25) is 0 Å². The molecule has 2 N–H and O–H groups in total. The van der Waals surface area contributed by atoms with E-state index in [1.54, 1.807) is 7.11 Å². The van der Waals surface area contributed by atoms with E-state index in [-0.39, 0.29) is 0 Å². The maximum absolute atomic E-state index is 5.20. The Kier molecular flexibility index (Phi) is 5.77. The van der Waals surface area contributed by atoms with Gasteiger partial charge in [0, 0.05) is 12.6 Å². The highest BCUT2D eigenvalue weighted by Crippen LogP contribution is 2.10. The van der Waals surface area contributed by atoms with Crippen LogP contribution in [0.4, 0.5) is 0 Å². The number of rotatable bonds is 5. The molecule has 0 saturated heterocycles. The molecule has 1 unspecified atom stereocenters. The molecule has 0 saturated carbocycles. The van der Waals surface area contributed by atoms with Crippen molar-refractivity contribution in [1.29, 1.82) is 0 Å². The molecule has 0 aliphatic carbocycles. The van der Waals surface area contributed by atoms with Crippen LogP contribution in [0, 0.1) is 0 Å². The maximum atomic E-state index is 5.20. The Morgan fingerprint density at radius 1 is 1.35 bits per heavy atom. The van der Waals surface area contributed by atoms with Gasteiger partial charge in [-0.1, -0.05) is 19.1 Å². The number of ether oxygens (including phenoxy) is 1. The standard InChI is InChI=1S/C13H20N2OS/c1-4-10(2)15-13(17)14-9-11-5-7-12(16-3)8-6-11/h5-8,10H,4,9H2,1-3H3,(H2,14,15,17). The van der Waals surface area contributed by atoms with Gasteiger partial charge in [-0.2, -0.15) is 0 Å². The molecule has 0 spiro atoms. The Labute approximate surface area is 109 Å². The van der Waals surface area contributed by atoms with Gasteiger partial charge in [-0.15, -0.1) is 0 Å². The molecule has 0 fully saturated rings. The zero-order chi connectivity index (χ0) is 12.7. The first-order valence-electron chi connectivity index (χ1n) is 5.83. The lowest BCUT2D eigenvalue weighted by molar-refractivity contribution is 0.414. The summed E-state index contributed by atoms with van der Waals surface area (Å²) in [4.78, 5) is 0. The van der Waals surface area contributed by atoms with Crippen molar-refractivity contribution < 1.29 is 4.74 Å². The third-order valence-electron chi connectivity index (χ3n) is 2.60. The van der Waals surface area contributed by atoms with Crippen molar-refractivity contribution >= 4 is 17.3 Å². The average molecular weight is 252 g/mol. The molecule has 0 aromatic heterocycles. The normalized spacial score (nSPS) is 11.7. The minimum absolute atomic E-state index is 0.408. The van der Waals surface area contributed by atoms with Gasteiger partial charge in [-0.3, -0.25) is 0 Å². The maximum Gasteiger partial charge on any atom is 0.166 e. The van der Waals surface area contributed by atoms with Crippen LogP contribution in [0.3, 0.4) is 0 Å². The summed E-state index contributed by atoms with van der Waals surface area (Å²) in [5.41, 5.74) is 1.18. The lowest BCUT2D eigenvalue weighted by atomic mass is 10.2. The fourth-order valence-electron chi connectivity index (χ4n) is 1.30. The van der Waals surface area contributed by atoms with Crippen molar-refractivity contribution in [2.45, 2.75) is 32.9 Å². The molecule has 94 valence electrons. The van der Waals surface area contributed by atoms with Crippen LogP contribution in [-0.2, 0) is 6.54 Å². The Bertz CT molecular complexity index is 351. The van der Waals surface area contributed by atoms with Crippen LogP contribution in [-0.4, -0.2) is 18.3 Å². The van der Waals surface area contributed by atoms with Gasteiger partial charge >= 0.3 is 0 Å². The van der Waals surface area contributed by atoms with Crippen molar-refractivity contribution in [3.63, 3.8) is 0 Å². The number of hydrogen-bond acceptors (Lipinski definition) is 2. The number of benzene rings is 1. The van der Waals surface area contributed by atoms with Crippen LogP contribution in [0.2, 0.25) is 0 Å². The Balaban J connectivity index is 2.36. The molecule has 3 nitrogen and oxygen atoms in total. The largest absolute Gasteiger partial charge is 0.497 e. The summed E-state index contributed by atoms with van der Waals surface area (Å²) >= 11 is 5.20. The molecule has 1 atom stereocenters. The second kappa shape index (κ2) is 7.12. The summed E-state index contributed by atoms with van der Waals surface area (Å²) in [5, 5.41) is 7.10. The van der Waals surface area contributed by atoms with Gasteiger partial charge in [-0.05, 0) is 43.3 Å². The van der Waals surface area contributed by atoms with E-state index < -0.39 is 0 Å². The zero-order valence-electron chi connectivity index (χ0n) is 10.6. The summed E-state index contributed by atoms with van der Waals surface area (Å²) in [6, 6.07) is 8.35. The molecule has 1 aromatic rings. The van der Waals surface area contributed by atoms with Gasteiger partial charge in [0.05, 0.1) is 7.11 Å². The SMILES string of the molecule is CCC(C)NC(=S)NCc1ccc(OC)cc1. The van der Waals surface area contributed by atoms with Crippen molar-refractivity contribution in [2.24, 2.45) is 0 Å². The summed E-state index contributed by atoms with van der Waals surface area (Å²) in [6.07, 6.45) is 1.06. The van der Waals surface area contributed by atoms with E-state index in [1.807, 2.05) is 24.3 Å². The highest BCUT2D eigenvalue weighted by molar-refractivity contribution is 7.80. The fraction of sp³-hybridized carbons (Fsp3) is 0.462. The third kappa shape index (κ3) is 5.04. The molecule has 0 amide bonds. The monoisotopic (exact) mass is 252 g/mol. The molecular formula is C13H20N2OS. The number of methoxy groups -OCH3 is 1.